The molecule has 0 spiro atoms. The number of benzene rings is 1. The summed E-state index contributed by atoms with van der Waals surface area (Å²) in [6.45, 7) is 10.7. The van der Waals surface area contributed by atoms with Crippen molar-refractivity contribution in [3.63, 3.8) is 0 Å². The van der Waals surface area contributed by atoms with Crippen molar-refractivity contribution in [2.75, 3.05) is 44.3 Å². The molecule has 6 rings (SSSR count). The molecule has 2 saturated heterocycles. The first-order valence-electron chi connectivity index (χ1n) is 14.1. The fourth-order valence-electron chi connectivity index (χ4n) is 6.08. The van der Waals surface area contributed by atoms with Gasteiger partial charge in [0.2, 0.25) is 0 Å². The number of imidazole rings is 2. The molecule has 2 unspecified atom stereocenters. The summed E-state index contributed by atoms with van der Waals surface area (Å²) in [5.74, 6) is 1.41. The number of hydrogen-bond acceptors (Lipinski definition) is 7. The van der Waals surface area contributed by atoms with Gasteiger partial charge in [-0.2, -0.15) is 13.2 Å². The Balaban J connectivity index is 1.52. The molecule has 0 amide bonds. The average molecular weight is 569 g/mol. The van der Waals surface area contributed by atoms with E-state index in [9.17, 15) is 13.2 Å². The summed E-state index contributed by atoms with van der Waals surface area (Å²) in [5, 5.41) is 8.60. The van der Waals surface area contributed by atoms with Crippen LogP contribution in [0.5, 0.6) is 0 Å². The quantitative estimate of drug-likeness (QED) is 0.363. The van der Waals surface area contributed by atoms with E-state index in [0.29, 0.717) is 62.0 Å². The molecular formula is C29H35F3N8O. The van der Waals surface area contributed by atoms with Crippen LogP contribution in [0.2, 0.25) is 0 Å². The first-order valence-corrected chi connectivity index (χ1v) is 14.1. The fourth-order valence-corrected chi connectivity index (χ4v) is 6.08. The van der Waals surface area contributed by atoms with Crippen LogP contribution >= 0.6 is 0 Å². The minimum Gasteiger partial charge on any atom is -0.378 e. The van der Waals surface area contributed by atoms with Crippen LogP contribution in [0.25, 0.3) is 17.0 Å². The normalized spacial score (nSPS) is 20.7. The number of hydrogen-bond donors (Lipinski definition) is 2. The number of fused-ring (bicyclic) bond motifs is 1. The molecule has 218 valence electrons. The predicted octanol–water partition coefficient (Wildman–Crippen LogP) is 4.06. The SMILES string of the molecule is Cc1c(Cc2c(CN3CC(C)NC(C)C3)nc3c(-c4ncc[nH]4)cc(N4CCOCC4)nn23)cccc1C(F)(F)F. The van der Waals surface area contributed by atoms with Gasteiger partial charge in [-0.3, -0.25) is 4.90 Å². The number of nitrogens with zero attached hydrogens (tertiary/aromatic N) is 6. The number of ether oxygens (including phenoxy) is 1. The molecule has 2 fully saturated rings. The zero-order chi connectivity index (χ0) is 28.7. The maximum absolute atomic E-state index is 13.8. The summed E-state index contributed by atoms with van der Waals surface area (Å²) >= 11 is 0. The number of morpholine rings is 1. The number of alkyl halides is 3. The summed E-state index contributed by atoms with van der Waals surface area (Å²) in [4.78, 5) is 17.3. The van der Waals surface area contributed by atoms with Gasteiger partial charge in [-0.15, -0.1) is 5.10 Å². The molecule has 3 aromatic heterocycles. The van der Waals surface area contributed by atoms with E-state index in [1.165, 1.54) is 6.07 Å². The number of piperazine rings is 1. The summed E-state index contributed by atoms with van der Waals surface area (Å²) in [6.07, 6.45) is -0.702. The maximum Gasteiger partial charge on any atom is 0.416 e. The summed E-state index contributed by atoms with van der Waals surface area (Å²) in [5.41, 5.74) is 3.22. The minimum atomic E-state index is -4.43. The van der Waals surface area contributed by atoms with Gasteiger partial charge in [-0.1, -0.05) is 12.1 Å². The lowest BCUT2D eigenvalue weighted by Gasteiger charge is -2.35. The Labute approximate surface area is 236 Å². The molecule has 0 aliphatic carbocycles. The van der Waals surface area contributed by atoms with Crippen LogP contribution in [0.15, 0.2) is 36.7 Å². The second-order valence-electron chi connectivity index (χ2n) is 11.1. The number of H-pyrrole nitrogens is 1. The van der Waals surface area contributed by atoms with Gasteiger partial charge in [-0.05, 0) is 44.0 Å². The van der Waals surface area contributed by atoms with Crippen molar-refractivity contribution in [1.82, 2.24) is 34.8 Å². The molecular weight excluding hydrogens is 533 g/mol. The van der Waals surface area contributed by atoms with Crippen molar-refractivity contribution >= 4 is 11.5 Å². The number of nitrogens with one attached hydrogen (secondary N) is 2. The average Bonchev–Trinajstić information content (AvgIpc) is 3.57. The van der Waals surface area contributed by atoms with E-state index in [4.69, 9.17) is 14.8 Å². The third-order valence-electron chi connectivity index (χ3n) is 7.95. The molecule has 1 aromatic carbocycles. The minimum absolute atomic E-state index is 0.223. The van der Waals surface area contributed by atoms with Gasteiger partial charge in [0.15, 0.2) is 11.5 Å². The molecule has 2 atom stereocenters. The molecule has 41 heavy (non-hydrogen) atoms. The Morgan fingerprint density at radius 1 is 1.10 bits per heavy atom. The predicted molar refractivity (Wildman–Crippen MR) is 150 cm³/mol. The van der Waals surface area contributed by atoms with Gasteiger partial charge in [0.25, 0.3) is 0 Å². The Morgan fingerprint density at radius 2 is 1.85 bits per heavy atom. The standard InChI is InChI=1S/C29H35F3N8O/c1-18-15-38(16-19(2)35-18)17-24-25(13-21-5-4-6-23(20(21)3)29(30,31)32)40-28(36-24)22(27-33-7-8-34-27)14-26(37-40)39-9-11-41-12-10-39/h4-8,14,18-19,35H,9-13,15-17H2,1-3H3,(H,33,34). The molecule has 0 radical (unpaired) electrons. The van der Waals surface area contributed by atoms with Crippen molar-refractivity contribution in [1.29, 1.82) is 0 Å². The summed E-state index contributed by atoms with van der Waals surface area (Å²) in [7, 11) is 0. The third-order valence-corrected chi connectivity index (χ3v) is 7.95. The molecule has 2 aliphatic heterocycles. The van der Waals surface area contributed by atoms with Gasteiger partial charge < -0.3 is 19.9 Å². The molecule has 4 aromatic rings. The summed E-state index contributed by atoms with van der Waals surface area (Å²) < 4.78 is 48.9. The van der Waals surface area contributed by atoms with Crippen LogP contribution < -0.4 is 10.2 Å². The van der Waals surface area contributed by atoms with Crippen molar-refractivity contribution < 1.29 is 17.9 Å². The van der Waals surface area contributed by atoms with E-state index in [2.05, 4.69) is 38.9 Å². The number of anilines is 1. The van der Waals surface area contributed by atoms with Gasteiger partial charge in [0, 0.05) is 63.6 Å². The van der Waals surface area contributed by atoms with Gasteiger partial charge in [0.05, 0.1) is 35.7 Å². The van der Waals surface area contributed by atoms with E-state index >= 15 is 0 Å². The highest BCUT2D eigenvalue weighted by Crippen LogP contribution is 2.35. The Kier molecular flexibility index (Phi) is 7.47. The van der Waals surface area contributed by atoms with Gasteiger partial charge in [0.1, 0.15) is 5.82 Å². The number of halogens is 3. The topological polar surface area (TPSA) is 86.6 Å². The lowest BCUT2D eigenvalue weighted by Crippen LogP contribution is -2.53. The van der Waals surface area contributed by atoms with Crippen molar-refractivity contribution in [2.45, 2.75) is 52.0 Å². The Morgan fingerprint density at radius 3 is 2.54 bits per heavy atom. The third kappa shape index (κ3) is 5.68. The summed E-state index contributed by atoms with van der Waals surface area (Å²) in [6, 6.07) is 7.01. The molecule has 2 aliphatic rings. The van der Waals surface area contributed by atoms with Crippen LogP contribution in [0.3, 0.4) is 0 Å². The monoisotopic (exact) mass is 568 g/mol. The maximum atomic E-state index is 13.8. The number of rotatable bonds is 6. The van der Waals surface area contributed by atoms with E-state index in [1.807, 2.05) is 10.6 Å². The van der Waals surface area contributed by atoms with Crippen LogP contribution in [0, 0.1) is 6.92 Å². The number of aromatic amines is 1. The highest BCUT2D eigenvalue weighted by molar-refractivity contribution is 5.76. The Hall–Kier alpha value is -3.48. The van der Waals surface area contributed by atoms with Crippen molar-refractivity contribution in [3.8, 4) is 11.4 Å². The zero-order valence-electron chi connectivity index (χ0n) is 23.5. The van der Waals surface area contributed by atoms with E-state index in [0.717, 1.165) is 41.9 Å². The highest BCUT2D eigenvalue weighted by atomic mass is 19.4. The second-order valence-corrected chi connectivity index (χ2v) is 11.1. The molecule has 5 heterocycles. The first-order chi connectivity index (χ1) is 19.7. The molecule has 12 heteroatoms. The first kappa shape index (κ1) is 27.7. The highest BCUT2D eigenvalue weighted by Gasteiger charge is 2.33. The molecule has 9 nitrogen and oxygen atoms in total. The van der Waals surface area contributed by atoms with Crippen molar-refractivity contribution in [2.24, 2.45) is 0 Å². The zero-order valence-corrected chi connectivity index (χ0v) is 23.5. The van der Waals surface area contributed by atoms with E-state index < -0.39 is 11.7 Å². The van der Waals surface area contributed by atoms with Crippen LogP contribution in [-0.4, -0.2) is 80.9 Å². The lowest BCUT2D eigenvalue weighted by atomic mass is 9.97. The van der Waals surface area contributed by atoms with E-state index in [-0.39, 0.29) is 12.0 Å². The largest absolute Gasteiger partial charge is 0.416 e. The number of aromatic nitrogens is 5. The molecule has 0 bridgehead atoms. The smallest absolute Gasteiger partial charge is 0.378 e. The second kappa shape index (κ2) is 11.1. The van der Waals surface area contributed by atoms with Gasteiger partial charge >= 0.3 is 6.18 Å². The molecule has 0 saturated carbocycles. The van der Waals surface area contributed by atoms with Gasteiger partial charge in [-0.25, -0.2) is 14.5 Å². The lowest BCUT2D eigenvalue weighted by molar-refractivity contribution is -0.138. The van der Waals surface area contributed by atoms with Crippen LogP contribution in [-0.2, 0) is 23.9 Å². The van der Waals surface area contributed by atoms with Crippen LogP contribution in [0.1, 0.15) is 41.9 Å². The van der Waals surface area contributed by atoms with Crippen molar-refractivity contribution in [3.05, 3.63) is 64.7 Å². The Bertz CT molecular complexity index is 1500. The molecule has 2 N–H and O–H groups in total. The fraction of sp³-hybridized carbons (Fsp3) is 0.483. The van der Waals surface area contributed by atoms with Crippen LogP contribution in [0.4, 0.5) is 19.0 Å². The van der Waals surface area contributed by atoms with E-state index in [1.54, 1.807) is 25.4 Å².